The van der Waals surface area contributed by atoms with Crippen LogP contribution in [-0.4, -0.2) is 45.5 Å². The maximum Gasteiger partial charge on any atom is 0.387 e. The third-order valence-corrected chi connectivity index (χ3v) is 5.48. The average Bonchev–Trinajstić information content (AvgIpc) is 2.47. The molecule has 126 valence electrons. The summed E-state index contributed by atoms with van der Waals surface area (Å²) in [5, 5.41) is 3.11. The van der Waals surface area contributed by atoms with Gasteiger partial charge in [0.05, 0.1) is 0 Å². The normalized spacial score (nSPS) is 17.3. The first-order valence-electron chi connectivity index (χ1n) is 6.66. The van der Waals surface area contributed by atoms with Gasteiger partial charge in [-0.3, -0.25) is 0 Å². The minimum absolute atomic E-state index is 0. The number of nitrogens with one attached hydrogen (secondary N) is 1. The van der Waals surface area contributed by atoms with Gasteiger partial charge in [0.25, 0.3) is 0 Å². The number of alkyl halides is 2. The van der Waals surface area contributed by atoms with Crippen molar-refractivity contribution in [2.24, 2.45) is 0 Å². The summed E-state index contributed by atoms with van der Waals surface area (Å²) in [5.74, 6) is -0.316. The Labute approximate surface area is 135 Å². The summed E-state index contributed by atoms with van der Waals surface area (Å²) < 4.78 is 55.5. The summed E-state index contributed by atoms with van der Waals surface area (Å²) in [6, 6.07) is 5.76. The number of ether oxygens (including phenoxy) is 1. The van der Waals surface area contributed by atoms with Crippen LogP contribution in [0.2, 0.25) is 0 Å². The number of para-hydroxylation sites is 1. The van der Waals surface area contributed by atoms with Crippen molar-refractivity contribution in [1.29, 1.82) is 0 Å². The van der Waals surface area contributed by atoms with Crippen LogP contribution < -0.4 is 10.1 Å². The van der Waals surface area contributed by atoms with E-state index in [0.717, 1.165) is 0 Å². The van der Waals surface area contributed by atoms with Crippen molar-refractivity contribution >= 4 is 22.4 Å². The van der Waals surface area contributed by atoms with E-state index in [9.17, 15) is 17.2 Å². The molecule has 1 N–H and O–H groups in total. The Balaban J connectivity index is 0.00000242. The van der Waals surface area contributed by atoms with Gasteiger partial charge in [0.2, 0.25) is 10.0 Å². The van der Waals surface area contributed by atoms with Gasteiger partial charge in [-0.25, -0.2) is 8.42 Å². The molecule has 0 amide bonds. The molecule has 1 aromatic carbocycles. The molecular weight excluding hydrogens is 338 g/mol. The zero-order chi connectivity index (χ0) is 15.5. The van der Waals surface area contributed by atoms with E-state index in [-0.39, 0.29) is 29.1 Å². The van der Waals surface area contributed by atoms with E-state index in [1.54, 1.807) is 0 Å². The van der Waals surface area contributed by atoms with E-state index in [4.69, 9.17) is 0 Å². The monoisotopic (exact) mass is 356 g/mol. The fraction of sp³-hybridized carbons (Fsp3) is 0.538. The summed E-state index contributed by atoms with van der Waals surface area (Å²) in [5.41, 5.74) is 0. The molecule has 0 radical (unpaired) electrons. The lowest BCUT2D eigenvalue weighted by atomic mass is 10.1. The maximum atomic E-state index is 12.6. The maximum absolute atomic E-state index is 12.6. The summed E-state index contributed by atoms with van der Waals surface area (Å²) in [4.78, 5) is -0.215. The number of rotatable bonds is 5. The first-order valence-corrected chi connectivity index (χ1v) is 8.10. The number of benzene rings is 1. The van der Waals surface area contributed by atoms with E-state index < -0.39 is 16.6 Å². The number of hydrogen-bond donors (Lipinski definition) is 1. The minimum atomic E-state index is -3.82. The molecule has 0 spiro atoms. The molecule has 0 aromatic heterocycles. The van der Waals surface area contributed by atoms with E-state index in [0.29, 0.717) is 25.9 Å². The van der Waals surface area contributed by atoms with Crippen molar-refractivity contribution in [3.63, 3.8) is 0 Å². The van der Waals surface area contributed by atoms with Crippen LogP contribution in [0.1, 0.15) is 12.8 Å². The molecule has 0 saturated carbocycles. The molecule has 1 saturated heterocycles. The highest BCUT2D eigenvalue weighted by Crippen LogP contribution is 2.29. The van der Waals surface area contributed by atoms with Crippen molar-refractivity contribution in [3.05, 3.63) is 24.3 Å². The molecule has 1 aliphatic rings. The van der Waals surface area contributed by atoms with Crippen LogP contribution in [0, 0.1) is 0 Å². The lowest BCUT2D eigenvalue weighted by Gasteiger charge is -2.31. The summed E-state index contributed by atoms with van der Waals surface area (Å²) in [6.45, 7) is -2.34. The molecule has 0 unspecified atom stereocenters. The fourth-order valence-electron chi connectivity index (χ4n) is 2.38. The fourth-order valence-corrected chi connectivity index (χ4v) is 3.97. The Hall–Kier alpha value is -0.960. The SMILES string of the molecule is CNC1CCN(S(=O)(=O)c2ccccc2OC(F)F)CC1.Cl. The third kappa shape index (κ3) is 4.28. The van der Waals surface area contributed by atoms with Gasteiger partial charge in [0.15, 0.2) is 0 Å². The summed E-state index contributed by atoms with van der Waals surface area (Å²) >= 11 is 0. The van der Waals surface area contributed by atoms with Crippen molar-refractivity contribution in [2.45, 2.75) is 30.4 Å². The van der Waals surface area contributed by atoms with Crippen molar-refractivity contribution in [3.8, 4) is 5.75 Å². The van der Waals surface area contributed by atoms with Gasteiger partial charge in [-0.1, -0.05) is 12.1 Å². The predicted molar refractivity (Wildman–Crippen MR) is 81.2 cm³/mol. The number of piperidine rings is 1. The van der Waals surface area contributed by atoms with Gasteiger partial charge in [0.1, 0.15) is 10.6 Å². The van der Waals surface area contributed by atoms with Gasteiger partial charge in [0, 0.05) is 19.1 Å². The topological polar surface area (TPSA) is 58.6 Å². The number of sulfonamides is 1. The van der Waals surface area contributed by atoms with Gasteiger partial charge in [-0.15, -0.1) is 12.4 Å². The molecule has 0 atom stereocenters. The van der Waals surface area contributed by atoms with Crippen LogP contribution in [0.5, 0.6) is 5.75 Å². The first-order chi connectivity index (χ1) is 9.95. The Bertz CT molecular complexity index is 578. The second kappa shape index (κ2) is 8.05. The van der Waals surface area contributed by atoms with E-state index in [1.165, 1.54) is 28.6 Å². The van der Waals surface area contributed by atoms with Gasteiger partial charge in [-0.2, -0.15) is 13.1 Å². The standard InChI is InChI=1S/C13H18F2N2O3S.ClH/c1-16-10-6-8-17(9-7-10)21(18,19)12-5-3-2-4-11(12)20-13(14)15;/h2-5,10,13,16H,6-9H2,1H3;1H. The van der Waals surface area contributed by atoms with Gasteiger partial charge < -0.3 is 10.1 Å². The van der Waals surface area contributed by atoms with Crippen LogP contribution in [0.4, 0.5) is 8.78 Å². The van der Waals surface area contributed by atoms with Gasteiger partial charge in [-0.05, 0) is 32.0 Å². The Morgan fingerprint density at radius 1 is 1.27 bits per heavy atom. The molecule has 0 aliphatic carbocycles. The van der Waals surface area contributed by atoms with Crippen molar-refractivity contribution in [1.82, 2.24) is 9.62 Å². The molecule has 2 rings (SSSR count). The van der Waals surface area contributed by atoms with Crippen molar-refractivity contribution < 1.29 is 21.9 Å². The lowest BCUT2D eigenvalue weighted by molar-refractivity contribution is -0.0518. The lowest BCUT2D eigenvalue weighted by Crippen LogP contribution is -2.43. The molecule has 5 nitrogen and oxygen atoms in total. The van der Waals surface area contributed by atoms with Crippen molar-refractivity contribution in [2.75, 3.05) is 20.1 Å². The van der Waals surface area contributed by atoms with Gasteiger partial charge >= 0.3 is 6.61 Å². The van der Waals surface area contributed by atoms with E-state index >= 15 is 0 Å². The number of nitrogens with zero attached hydrogens (tertiary/aromatic N) is 1. The van der Waals surface area contributed by atoms with E-state index in [2.05, 4.69) is 10.1 Å². The van der Waals surface area contributed by atoms with Crippen LogP contribution >= 0.6 is 12.4 Å². The molecule has 1 aromatic rings. The number of halogens is 3. The van der Waals surface area contributed by atoms with Crippen LogP contribution in [-0.2, 0) is 10.0 Å². The largest absolute Gasteiger partial charge is 0.433 e. The Morgan fingerprint density at radius 2 is 1.86 bits per heavy atom. The highest BCUT2D eigenvalue weighted by molar-refractivity contribution is 7.89. The first kappa shape index (κ1) is 19.1. The summed E-state index contributed by atoms with van der Waals surface area (Å²) in [6.07, 6.45) is 1.38. The quantitative estimate of drug-likeness (QED) is 0.877. The van der Waals surface area contributed by atoms with Crippen LogP contribution in [0.15, 0.2) is 29.2 Å². The average molecular weight is 357 g/mol. The molecule has 1 heterocycles. The molecule has 1 fully saturated rings. The zero-order valence-electron chi connectivity index (χ0n) is 12.0. The highest BCUT2D eigenvalue weighted by Gasteiger charge is 2.31. The smallest absolute Gasteiger partial charge is 0.387 e. The summed E-state index contributed by atoms with van der Waals surface area (Å²) in [7, 11) is -1.99. The van der Waals surface area contributed by atoms with Crippen LogP contribution in [0.3, 0.4) is 0 Å². The second-order valence-electron chi connectivity index (χ2n) is 4.79. The van der Waals surface area contributed by atoms with Crippen LogP contribution in [0.25, 0.3) is 0 Å². The predicted octanol–water partition coefficient (Wildman–Crippen LogP) is 2.08. The zero-order valence-corrected chi connectivity index (χ0v) is 13.7. The number of hydrogen-bond acceptors (Lipinski definition) is 4. The highest BCUT2D eigenvalue weighted by atomic mass is 35.5. The minimum Gasteiger partial charge on any atom is -0.433 e. The second-order valence-corrected chi connectivity index (χ2v) is 6.70. The molecule has 1 aliphatic heterocycles. The van der Waals surface area contributed by atoms with E-state index in [1.807, 2.05) is 7.05 Å². The molecule has 22 heavy (non-hydrogen) atoms. The molecule has 9 heteroatoms. The Morgan fingerprint density at radius 3 is 2.41 bits per heavy atom. The Kier molecular flexibility index (Phi) is 6.98. The molecular formula is C13H19ClF2N2O3S. The molecule has 0 bridgehead atoms. The third-order valence-electron chi connectivity index (χ3n) is 3.55.